The van der Waals surface area contributed by atoms with Crippen LogP contribution < -0.4 is 5.56 Å². The first-order valence-corrected chi connectivity index (χ1v) is 12.8. The number of halogens is 2. The van der Waals surface area contributed by atoms with E-state index in [1.807, 2.05) is 32.0 Å². The van der Waals surface area contributed by atoms with Crippen molar-refractivity contribution in [2.45, 2.75) is 39.0 Å². The van der Waals surface area contributed by atoms with Crippen LogP contribution in [0.25, 0.3) is 17.2 Å². The number of pyridine rings is 1. The number of aryl methyl sites for hydroxylation is 3. The topological polar surface area (TPSA) is 106 Å². The second-order valence-corrected chi connectivity index (χ2v) is 9.54. The largest absolute Gasteiger partial charge is 0.493 e. The highest BCUT2D eigenvalue weighted by Gasteiger charge is 2.35. The average molecular weight is 535 g/mol. The number of hydrogen-bond donors (Lipinski definition) is 1. The Morgan fingerprint density at radius 2 is 1.87 bits per heavy atom. The van der Waals surface area contributed by atoms with Crippen LogP contribution in [0.5, 0.6) is 5.88 Å². The molecule has 1 saturated heterocycles. The van der Waals surface area contributed by atoms with Crippen molar-refractivity contribution >= 4 is 5.91 Å². The van der Waals surface area contributed by atoms with Crippen molar-refractivity contribution in [3.63, 3.8) is 0 Å². The third-order valence-electron chi connectivity index (χ3n) is 7.11. The molecule has 1 amide bonds. The minimum absolute atomic E-state index is 0.0566. The summed E-state index contributed by atoms with van der Waals surface area (Å²) < 4.78 is 30.6. The van der Waals surface area contributed by atoms with E-state index in [4.69, 9.17) is 0 Å². The molecule has 0 radical (unpaired) electrons. The maximum absolute atomic E-state index is 14.4. The Labute approximate surface area is 223 Å². The van der Waals surface area contributed by atoms with E-state index in [1.54, 1.807) is 24.0 Å². The van der Waals surface area contributed by atoms with E-state index in [9.17, 15) is 23.5 Å². The molecule has 0 unspecified atom stereocenters. The third kappa shape index (κ3) is 4.68. The molecule has 1 aliphatic heterocycles. The molecule has 202 valence electrons. The number of benzene rings is 1. The van der Waals surface area contributed by atoms with Crippen molar-refractivity contribution in [2.24, 2.45) is 7.05 Å². The quantitative estimate of drug-likeness (QED) is 0.404. The Hall–Kier alpha value is -4.41. The predicted molar refractivity (Wildman–Crippen MR) is 140 cm³/mol. The fourth-order valence-corrected chi connectivity index (χ4v) is 5.16. The lowest BCUT2D eigenvalue weighted by atomic mass is 10.0. The summed E-state index contributed by atoms with van der Waals surface area (Å²) in [5.74, 6) is -3.36. The van der Waals surface area contributed by atoms with Crippen molar-refractivity contribution in [3.05, 3.63) is 87.1 Å². The molecule has 1 N–H and O–H groups in total. The molecule has 0 bridgehead atoms. The number of aromatic hydroxyl groups is 1. The molecule has 1 atom stereocenters. The van der Waals surface area contributed by atoms with Crippen LogP contribution in [0.1, 0.15) is 53.4 Å². The van der Waals surface area contributed by atoms with Crippen LogP contribution in [-0.2, 0) is 19.9 Å². The van der Waals surface area contributed by atoms with Gasteiger partial charge in [0, 0.05) is 38.3 Å². The second-order valence-electron chi connectivity index (χ2n) is 9.54. The number of nitrogens with zero attached hydrogens (tertiary/aromatic N) is 6. The molecule has 1 aromatic carbocycles. The summed E-state index contributed by atoms with van der Waals surface area (Å²) in [6.07, 6.45) is 4.23. The minimum Gasteiger partial charge on any atom is -0.493 e. The van der Waals surface area contributed by atoms with Gasteiger partial charge in [0.2, 0.25) is 5.88 Å². The zero-order valence-corrected chi connectivity index (χ0v) is 21.9. The monoisotopic (exact) mass is 534 g/mol. The molecule has 1 fully saturated rings. The van der Waals surface area contributed by atoms with Gasteiger partial charge in [0.15, 0.2) is 11.4 Å². The van der Waals surface area contributed by atoms with Gasteiger partial charge in [-0.05, 0) is 36.5 Å². The Morgan fingerprint density at radius 3 is 2.49 bits per heavy atom. The highest BCUT2D eigenvalue weighted by molar-refractivity contribution is 5.96. The summed E-state index contributed by atoms with van der Waals surface area (Å²) >= 11 is 0. The number of carbonyl (C=O) groups is 1. The first kappa shape index (κ1) is 26.2. The van der Waals surface area contributed by atoms with Gasteiger partial charge in [-0.1, -0.05) is 32.0 Å². The van der Waals surface area contributed by atoms with E-state index in [-0.39, 0.29) is 24.6 Å². The van der Waals surface area contributed by atoms with Crippen LogP contribution in [0.4, 0.5) is 8.78 Å². The Morgan fingerprint density at radius 1 is 1.15 bits per heavy atom. The summed E-state index contributed by atoms with van der Waals surface area (Å²) in [5.41, 5.74) is 1.57. The van der Waals surface area contributed by atoms with Crippen LogP contribution in [0.15, 0.2) is 47.5 Å². The fraction of sp³-hybridized carbons (Fsp3) is 0.321. The maximum atomic E-state index is 14.4. The van der Waals surface area contributed by atoms with Crippen molar-refractivity contribution in [2.75, 3.05) is 13.1 Å². The van der Waals surface area contributed by atoms with Gasteiger partial charge in [0.1, 0.15) is 17.3 Å². The van der Waals surface area contributed by atoms with Crippen molar-refractivity contribution in [1.29, 1.82) is 0 Å². The Balaban J connectivity index is 1.63. The minimum atomic E-state index is -0.788. The zero-order valence-electron chi connectivity index (χ0n) is 21.9. The standard InChI is InChI=1S/C28H28F2N6O3/c1-4-16-7-6-8-17(5-2)24(16)36-25(21-10-11-34(3)33-21)32-26(37)22(28(36)39)27(38)35-12-9-18(15-35)23-20(30)13-19(29)14-31-23/h6-8,10-11,13-14,18,37H,4-5,9,12,15H2,1-3H3/t18-/m1/s1. The second kappa shape index (κ2) is 10.4. The molecule has 11 heteroatoms. The fourth-order valence-electron chi connectivity index (χ4n) is 5.16. The van der Waals surface area contributed by atoms with Crippen LogP contribution in [0.3, 0.4) is 0 Å². The lowest BCUT2D eigenvalue weighted by molar-refractivity contribution is 0.0784. The summed E-state index contributed by atoms with van der Waals surface area (Å²) in [7, 11) is 1.73. The average Bonchev–Trinajstić information content (AvgIpc) is 3.57. The number of para-hydroxylation sites is 1. The SMILES string of the molecule is CCc1cccc(CC)c1-n1c(-c2ccn(C)n2)nc(O)c(C(=O)N2CC[C@@H](c3ncc(F)cc3F)C2)c1=O. The molecule has 0 saturated carbocycles. The highest BCUT2D eigenvalue weighted by atomic mass is 19.1. The van der Waals surface area contributed by atoms with Gasteiger partial charge < -0.3 is 10.0 Å². The summed E-state index contributed by atoms with van der Waals surface area (Å²) in [6.45, 7) is 4.20. The van der Waals surface area contributed by atoms with Crippen LogP contribution >= 0.6 is 0 Å². The van der Waals surface area contributed by atoms with E-state index >= 15 is 0 Å². The number of rotatable bonds is 6. The van der Waals surface area contributed by atoms with Gasteiger partial charge in [0.05, 0.1) is 17.6 Å². The molecule has 0 spiro atoms. The normalized spacial score (nSPS) is 15.2. The molecule has 3 aromatic heterocycles. The van der Waals surface area contributed by atoms with Crippen LogP contribution in [-0.4, -0.2) is 53.3 Å². The van der Waals surface area contributed by atoms with Crippen molar-refractivity contribution in [3.8, 4) is 23.1 Å². The van der Waals surface area contributed by atoms with E-state index in [2.05, 4.69) is 15.1 Å². The van der Waals surface area contributed by atoms with Gasteiger partial charge in [-0.2, -0.15) is 10.1 Å². The van der Waals surface area contributed by atoms with Crippen molar-refractivity contribution in [1.82, 2.24) is 29.2 Å². The molecule has 39 heavy (non-hydrogen) atoms. The van der Waals surface area contributed by atoms with E-state index in [1.165, 1.54) is 9.47 Å². The molecule has 4 aromatic rings. The van der Waals surface area contributed by atoms with Gasteiger partial charge in [-0.15, -0.1) is 0 Å². The number of amides is 1. The Bertz CT molecular complexity index is 1610. The lowest BCUT2D eigenvalue weighted by Crippen LogP contribution is -2.36. The summed E-state index contributed by atoms with van der Waals surface area (Å²) in [5, 5.41) is 15.3. The zero-order chi connectivity index (χ0) is 27.8. The number of hydrogen-bond acceptors (Lipinski definition) is 6. The van der Waals surface area contributed by atoms with Crippen LogP contribution in [0, 0.1) is 11.6 Å². The smallest absolute Gasteiger partial charge is 0.275 e. The molecule has 4 heterocycles. The third-order valence-corrected chi connectivity index (χ3v) is 7.11. The molecule has 5 rings (SSSR count). The maximum Gasteiger partial charge on any atom is 0.275 e. The Kier molecular flexibility index (Phi) is 6.98. The van der Waals surface area contributed by atoms with Crippen LogP contribution in [0.2, 0.25) is 0 Å². The number of likely N-dealkylation sites (tertiary alicyclic amines) is 1. The van der Waals surface area contributed by atoms with E-state index in [0.717, 1.165) is 23.4 Å². The van der Waals surface area contributed by atoms with Gasteiger partial charge in [-0.25, -0.2) is 8.78 Å². The van der Waals surface area contributed by atoms with E-state index in [0.29, 0.717) is 30.6 Å². The first-order chi connectivity index (χ1) is 18.7. The van der Waals surface area contributed by atoms with Gasteiger partial charge >= 0.3 is 0 Å². The molecule has 0 aliphatic carbocycles. The number of carbonyl (C=O) groups excluding carboxylic acids is 1. The first-order valence-electron chi connectivity index (χ1n) is 12.8. The molecule has 9 nitrogen and oxygen atoms in total. The summed E-state index contributed by atoms with van der Waals surface area (Å²) in [4.78, 5) is 37.4. The predicted octanol–water partition coefficient (Wildman–Crippen LogP) is 3.77. The van der Waals surface area contributed by atoms with Crippen molar-refractivity contribution < 1.29 is 18.7 Å². The lowest BCUT2D eigenvalue weighted by Gasteiger charge is -2.21. The molecular formula is C28H28F2N6O3. The van der Waals surface area contributed by atoms with Gasteiger partial charge in [-0.3, -0.25) is 23.8 Å². The summed E-state index contributed by atoms with van der Waals surface area (Å²) in [6, 6.07) is 8.17. The molecule has 1 aliphatic rings. The number of aromatic nitrogens is 5. The highest BCUT2D eigenvalue weighted by Crippen LogP contribution is 2.31. The van der Waals surface area contributed by atoms with Gasteiger partial charge in [0.25, 0.3) is 11.5 Å². The molecular weight excluding hydrogens is 506 g/mol. The van der Waals surface area contributed by atoms with E-state index < -0.39 is 40.5 Å².